The Labute approximate surface area is 201 Å². The Hall–Kier alpha value is -3.82. The lowest BCUT2D eigenvalue weighted by Gasteiger charge is -2.49. The quantitative estimate of drug-likeness (QED) is 0.474. The Kier molecular flexibility index (Phi) is 5.53. The number of benzene rings is 2. The van der Waals surface area contributed by atoms with Gasteiger partial charge < -0.3 is 5.11 Å². The molecule has 0 aliphatic heterocycles. The van der Waals surface area contributed by atoms with Crippen molar-refractivity contribution >= 4 is 23.0 Å². The van der Waals surface area contributed by atoms with E-state index in [4.69, 9.17) is 0 Å². The highest BCUT2D eigenvalue weighted by molar-refractivity contribution is 5.98. The number of nitro groups is 2. The second kappa shape index (κ2) is 8.44. The lowest BCUT2D eigenvalue weighted by atomic mass is 9.55. The predicted molar refractivity (Wildman–Crippen MR) is 127 cm³/mol. The van der Waals surface area contributed by atoms with Gasteiger partial charge in [0.1, 0.15) is 5.75 Å². The van der Waals surface area contributed by atoms with Crippen molar-refractivity contribution in [2.24, 2.45) is 22.4 Å². The molecule has 2 fully saturated rings. The van der Waals surface area contributed by atoms with Gasteiger partial charge in [-0.2, -0.15) is 5.10 Å². The maximum absolute atomic E-state index is 12.7. The Balaban J connectivity index is 1.36. The molecule has 4 atom stereocenters. The molecule has 0 aromatic heterocycles. The van der Waals surface area contributed by atoms with Crippen LogP contribution in [-0.2, 0) is 6.42 Å². The number of nitro benzene ring substituents is 2. The minimum atomic E-state index is -0.763. The Morgan fingerprint density at radius 3 is 2.46 bits per heavy atom. The Morgan fingerprint density at radius 2 is 1.77 bits per heavy atom. The molecule has 1 amide bonds. The first-order valence-corrected chi connectivity index (χ1v) is 11.8. The van der Waals surface area contributed by atoms with Gasteiger partial charge in [0.05, 0.1) is 21.5 Å². The molecule has 2 N–H and O–H groups in total. The van der Waals surface area contributed by atoms with Gasteiger partial charge in [-0.1, -0.05) is 13.0 Å². The number of fused-ring (bicyclic) bond motifs is 5. The average Bonchev–Trinajstić information content (AvgIpc) is 3.17. The first-order chi connectivity index (χ1) is 16.7. The third kappa shape index (κ3) is 3.92. The van der Waals surface area contributed by atoms with Crippen molar-refractivity contribution in [2.75, 3.05) is 0 Å². The predicted octanol–water partition coefficient (Wildman–Crippen LogP) is 4.85. The van der Waals surface area contributed by atoms with Crippen molar-refractivity contribution in [2.45, 2.75) is 51.4 Å². The molecular weight excluding hydrogens is 452 g/mol. The first kappa shape index (κ1) is 22.9. The zero-order valence-electron chi connectivity index (χ0n) is 19.3. The summed E-state index contributed by atoms with van der Waals surface area (Å²) in [5.41, 5.74) is 4.62. The largest absolute Gasteiger partial charge is 0.508 e. The number of rotatable bonds is 4. The highest BCUT2D eigenvalue weighted by atomic mass is 16.6. The highest BCUT2D eigenvalue weighted by Gasteiger charge is 2.53. The molecule has 2 saturated carbocycles. The van der Waals surface area contributed by atoms with Gasteiger partial charge in [0, 0.05) is 23.3 Å². The van der Waals surface area contributed by atoms with E-state index in [0.29, 0.717) is 23.5 Å². The second-order valence-electron chi connectivity index (χ2n) is 10.0. The van der Waals surface area contributed by atoms with Crippen molar-refractivity contribution in [1.82, 2.24) is 5.43 Å². The number of non-ortho nitro benzene ring substituents is 2. The van der Waals surface area contributed by atoms with Gasteiger partial charge in [-0.05, 0) is 79.5 Å². The fourth-order valence-electron chi connectivity index (χ4n) is 6.66. The third-order valence-electron chi connectivity index (χ3n) is 8.33. The van der Waals surface area contributed by atoms with Crippen molar-refractivity contribution in [3.05, 3.63) is 73.3 Å². The van der Waals surface area contributed by atoms with E-state index in [1.165, 1.54) is 11.1 Å². The summed E-state index contributed by atoms with van der Waals surface area (Å²) >= 11 is 0. The van der Waals surface area contributed by atoms with Crippen LogP contribution in [0.5, 0.6) is 5.75 Å². The lowest BCUT2D eigenvalue weighted by Crippen LogP contribution is -2.43. The number of amides is 1. The standard InChI is InChI=1S/C25H26N4O6/c1-25-9-8-20-19-5-3-18(30)12-14(19)2-4-21(20)22(25)6-7-23(25)26-27-24(31)15-10-16(28(32)33)13-17(11-15)29(34)35/h3,5,10-13,20-22,30H,2,4,6-9H2,1H3,(H,27,31)/b26-23-/t20-,21+,22+,25-/m1/s1. The van der Waals surface area contributed by atoms with Crippen LogP contribution in [0.15, 0.2) is 41.5 Å². The van der Waals surface area contributed by atoms with Gasteiger partial charge >= 0.3 is 0 Å². The summed E-state index contributed by atoms with van der Waals surface area (Å²) in [7, 11) is 0. The number of hydrogen-bond donors (Lipinski definition) is 2. The number of hydrogen-bond acceptors (Lipinski definition) is 7. The van der Waals surface area contributed by atoms with Gasteiger partial charge in [0.25, 0.3) is 17.3 Å². The molecule has 182 valence electrons. The second-order valence-corrected chi connectivity index (χ2v) is 10.0. The molecule has 0 spiro atoms. The van der Waals surface area contributed by atoms with E-state index in [1.54, 1.807) is 6.07 Å². The van der Waals surface area contributed by atoms with E-state index >= 15 is 0 Å². The van der Waals surface area contributed by atoms with Gasteiger partial charge in [0.15, 0.2) is 0 Å². The van der Waals surface area contributed by atoms with Crippen molar-refractivity contribution in [3.63, 3.8) is 0 Å². The van der Waals surface area contributed by atoms with Crippen LogP contribution in [-0.4, -0.2) is 26.6 Å². The molecule has 3 aliphatic carbocycles. The molecule has 0 saturated heterocycles. The molecule has 10 nitrogen and oxygen atoms in total. The number of phenols is 1. The smallest absolute Gasteiger partial charge is 0.277 e. The fourth-order valence-corrected chi connectivity index (χ4v) is 6.66. The number of aromatic hydroxyl groups is 1. The Bertz CT molecular complexity index is 1240. The van der Waals surface area contributed by atoms with Crippen molar-refractivity contribution < 1.29 is 19.7 Å². The number of aryl methyl sites for hydroxylation is 1. The number of carbonyl (C=O) groups excluding carboxylic acids is 1. The monoisotopic (exact) mass is 478 g/mol. The van der Waals surface area contributed by atoms with Crippen LogP contribution >= 0.6 is 0 Å². The molecular formula is C25H26N4O6. The average molecular weight is 479 g/mol. The topological polar surface area (TPSA) is 148 Å². The minimum Gasteiger partial charge on any atom is -0.508 e. The van der Waals surface area contributed by atoms with Crippen molar-refractivity contribution in [3.8, 4) is 5.75 Å². The van der Waals surface area contributed by atoms with Crippen LogP contribution in [0.2, 0.25) is 0 Å². The summed E-state index contributed by atoms with van der Waals surface area (Å²) < 4.78 is 0. The van der Waals surface area contributed by atoms with Crippen LogP contribution in [0.1, 0.15) is 66.4 Å². The summed E-state index contributed by atoms with van der Waals surface area (Å²) in [4.78, 5) is 33.5. The summed E-state index contributed by atoms with van der Waals surface area (Å²) in [6, 6.07) is 8.58. The number of phenolic OH excluding ortho intramolecular Hbond substituents is 1. The van der Waals surface area contributed by atoms with Crippen LogP contribution in [0.3, 0.4) is 0 Å². The lowest BCUT2D eigenvalue weighted by molar-refractivity contribution is -0.394. The third-order valence-corrected chi connectivity index (χ3v) is 8.33. The minimum absolute atomic E-state index is 0.155. The Morgan fingerprint density at radius 1 is 1.06 bits per heavy atom. The van der Waals surface area contributed by atoms with Crippen LogP contribution < -0.4 is 5.43 Å². The molecule has 0 bridgehead atoms. The SMILES string of the molecule is C[C@@]12CC[C@@H]3c4ccc(O)cc4CC[C@@H]3[C@@H]1CC/C2=N/NC(=O)c1cc([N+](=O)[O-])cc([N+](=O)[O-])c1. The highest BCUT2D eigenvalue weighted by Crippen LogP contribution is 2.59. The molecule has 2 aromatic rings. The van der Waals surface area contributed by atoms with Gasteiger partial charge in [-0.25, -0.2) is 5.43 Å². The molecule has 5 rings (SSSR count). The molecule has 10 heteroatoms. The summed E-state index contributed by atoms with van der Waals surface area (Å²) in [5.74, 6) is 0.988. The van der Waals surface area contributed by atoms with Gasteiger partial charge in [-0.3, -0.25) is 25.0 Å². The molecule has 0 radical (unpaired) electrons. The van der Waals surface area contributed by atoms with Crippen molar-refractivity contribution in [1.29, 1.82) is 0 Å². The molecule has 0 heterocycles. The number of carbonyl (C=O) groups is 1. The normalized spacial score (nSPS) is 28.0. The van der Waals surface area contributed by atoms with Gasteiger partial charge in [0.2, 0.25) is 0 Å². The molecule has 35 heavy (non-hydrogen) atoms. The summed E-state index contributed by atoms with van der Waals surface area (Å²) in [6.45, 7) is 2.20. The van der Waals surface area contributed by atoms with Gasteiger partial charge in [-0.15, -0.1) is 0 Å². The maximum Gasteiger partial charge on any atom is 0.277 e. The summed E-state index contributed by atoms with van der Waals surface area (Å²) in [6.07, 6.45) is 5.64. The zero-order valence-corrected chi connectivity index (χ0v) is 19.3. The molecule has 2 aromatic carbocycles. The molecule has 0 unspecified atom stereocenters. The van der Waals surface area contributed by atoms with E-state index in [-0.39, 0.29) is 11.0 Å². The van der Waals surface area contributed by atoms with E-state index in [1.807, 2.05) is 6.07 Å². The maximum atomic E-state index is 12.7. The first-order valence-electron chi connectivity index (χ1n) is 11.8. The van der Waals surface area contributed by atoms with Crippen LogP contribution in [0.25, 0.3) is 0 Å². The van der Waals surface area contributed by atoms with E-state index < -0.39 is 27.1 Å². The van der Waals surface area contributed by atoms with Crippen LogP contribution in [0, 0.1) is 37.5 Å². The number of nitrogens with zero attached hydrogens (tertiary/aromatic N) is 3. The van der Waals surface area contributed by atoms with E-state index in [9.17, 15) is 30.1 Å². The fraction of sp³-hybridized carbons (Fsp3) is 0.440. The van der Waals surface area contributed by atoms with E-state index in [0.717, 1.165) is 62.4 Å². The molecule has 3 aliphatic rings. The zero-order chi connectivity index (χ0) is 24.9. The summed E-state index contributed by atoms with van der Waals surface area (Å²) in [5, 5.41) is 36.6. The number of nitrogens with one attached hydrogen (secondary N) is 1. The number of hydrazone groups is 1. The van der Waals surface area contributed by atoms with Crippen LogP contribution in [0.4, 0.5) is 11.4 Å². The van der Waals surface area contributed by atoms with E-state index in [2.05, 4.69) is 23.5 Å².